The summed E-state index contributed by atoms with van der Waals surface area (Å²) in [5.74, 6) is 2.64. The van der Waals surface area contributed by atoms with Crippen LogP contribution in [0.15, 0.2) is 36.7 Å². The number of aryl methyl sites for hydroxylation is 1. The van der Waals surface area contributed by atoms with Gasteiger partial charge in [-0.2, -0.15) is 0 Å². The van der Waals surface area contributed by atoms with E-state index in [1.54, 1.807) is 5.56 Å². The molecule has 0 amide bonds. The molecule has 0 spiro atoms. The van der Waals surface area contributed by atoms with Gasteiger partial charge in [0.2, 0.25) is 0 Å². The maximum Gasteiger partial charge on any atom is 0.0524 e. The van der Waals surface area contributed by atoms with Crippen molar-refractivity contribution in [1.29, 1.82) is 0 Å². The average molecular weight is 423 g/mol. The van der Waals surface area contributed by atoms with Crippen LogP contribution in [0.25, 0.3) is 16.5 Å². The van der Waals surface area contributed by atoms with Crippen molar-refractivity contribution >= 4 is 28.9 Å². The minimum atomic E-state index is 0. The summed E-state index contributed by atoms with van der Waals surface area (Å²) in [7, 11) is 0. The number of nitrogens with zero attached hydrogens (tertiary/aromatic N) is 2. The highest BCUT2D eigenvalue weighted by Gasteiger charge is 2.36. The highest BCUT2D eigenvalue weighted by atomic mass is 35.5. The molecule has 3 atom stereocenters. The van der Waals surface area contributed by atoms with Gasteiger partial charge in [0, 0.05) is 23.8 Å². The Kier molecular flexibility index (Phi) is 5.79. The van der Waals surface area contributed by atoms with Gasteiger partial charge in [-0.3, -0.25) is 4.98 Å². The van der Waals surface area contributed by atoms with E-state index in [4.69, 9.17) is 0 Å². The van der Waals surface area contributed by atoms with Crippen LogP contribution in [0.1, 0.15) is 87.9 Å². The normalized spacial score (nSPS) is 28.7. The largest absolute Gasteiger partial charge is 0.336 e. The van der Waals surface area contributed by atoms with Crippen molar-refractivity contribution in [2.45, 2.75) is 83.1 Å². The quantitative estimate of drug-likeness (QED) is 0.454. The molecule has 30 heavy (non-hydrogen) atoms. The second kappa shape index (κ2) is 8.54. The summed E-state index contributed by atoms with van der Waals surface area (Å²) in [5, 5.41) is 1.41. The third-order valence-corrected chi connectivity index (χ3v) is 8.41. The van der Waals surface area contributed by atoms with Crippen molar-refractivity contribution in [1.82, 2.24) is 9.55 Å². The predicted molar refractivity (Wildman–Crippen MR) is 128 cm³/mol. The number of hydrogen-bond acceptors (Lipinski definition) is 1. The van der Waals surface area contributed by atoms with Crippen molar-refractivity contribution in [3.05, 3.63) is 47.9 Å². The highest BCUT2D eigenvalue weighted by Crippen LogP contribution is 2.48. The van der Waals surface area contributed by atoms with Gasteiger partial charge in [-0.1, -0.05) is 56.8 Å². The molecular weight excluding hydrogens is 388 g/mol. The molecule has 0 radical (unpaired) electrons. The first-order valence-corrected chi connectivity index (χ1v) is 12.2. The van der Waals surface area contributed by atoms with Gasteiger partial charge in [0.1, 0.15) is 0 Å². The fourth-order valence-electron chi connectivity index (χ4n) is 7.07. The van der Waals surface area contributed by atoms with E-state index >= 15 is 0 Å². The first-order valence-electron chi connectivity index (χ1n) is 12.2. The van der Waals surface area contributed by atoms with E-state index in [0.717, 1.165) is 11.8 Å². The molecule has 4 aliphatic rings. The SMILES string of the molecule is C1=CC2CC(CC3CCCCCC3)CCC2n2c3c(c4cnccc42)CCC=C13.Cl. The van der Waals surface area contributed by atoms with E-state index in [0.29, 0.717) is 12.0 Å². The van der Waals surface area contributed by atoms with Crippen molar-refractivity contribution in [2.24, 2.45) is 17.8 Å². The zero-order chi connectivity index (χ0) is 19.2. The maximum atomic E-state index is 4.48. The second-order valence-electron chi connectivity index (χ2n) is 10.2. The fraction of sp³-hybridized carbons (Fsp3) is 0.593. The van der Waals surface area contributed by atoms with E-state index in [1.807, 2.05) is 6.20 Å². The Balaban J connectivity index is 0.00000193. The molecule has 3 unspecified atom stereocenters. The van der Waals surface area contributed by atoms with Gasteiger partial charge < -0.3 is 4.57 Å². The standard InChI is InChI=1S/C27H34N2.ClH/c1-2-4-7-19(6-3-1)16-20-10-13-25-22(17-20)12-11-21-8-5-9-23-24-18-28-15-14-26(24)29(25)27(21)23;/h8,11-12,14-15,18-20,22,25H,1-7,9-10,13,16-17H2;1H. The number of fused-ring (bicyclic) bond motifs is 5. The molecule has 0 bridgehead atoms. The van der Waals surface area contributed by atoms with Crippen molar-refractivity contribution in [3.8, 4) is 0 Å². The van der Waals surface area contributed by atoms with Crippen molar-refractivity contribution in [2.75, 3.05) is 0 Å². The third kappa shape index (κ3) is 3.45. The molecule has 6 rings (SSSR count). The topological polar surface area (TPSA) is 17.8 Å². The molecule has 160 valence electrons. The van der Waals surface area contributed by atoms with Crippen molar-refractivity contribution < 1.29 is 0 Å². The predicted octanol–water partition coefficient (Wildman–Crippen LogP) is 7.68. The van der Waals surface area contributed by atoms with Gasteiger partial charge in [0.15, 0.2) is 0 Å². The van der Waals surface area contributed by atoms with Crippen LogP contribution >= 0.6 is 12.4 Å². The summed E-state index contributed by atoms with van der Waals surface area (Å²) in [5.41, 5.74) is 5.97. The molecule has 2 aromatic rings. The molecule has 0 N–H and O–H groups in total. The summed E-state index contributed by atoms with van der Waals surface area (Å²) in [6.07, 6.45) is 28.5. The molecule has 2 aromatic heterocycles. The smallest absolute Gasteiger partial charge is 0.0524 e. The molecule has 3 heteroatoms. The maximum absolute atomic E-state index is 4.48. The zero-order valence-corrected chi connectivity index (χ0v) is 18.9. The first-order chi connectivity index (χ1) is 14.4. The Bertz CT molecular complexity index is 961. The Morgan fingerprint density at radius 1 is 1.00 bits per heavy atom. The summed E-state index contributed by atoms with van der Waals surface area (Å²) in [6, 6.07) is 2.90. The number of pyridine rings is 1. The summed E-state index contributed by atoms with van der Waals surface area (Å²) < 4.78 is 2.74. The fourth-order valence-corrected chi connectivity index (χ4v) is 7.07. The molecule has 1 aliphatic heterocycles. The lowest BCUT2D eigenvalue weighted by molar-refractivity contribution is 0.189. The molecule has 2 nitrogen and oxygen atoms in total. The Labute approximate surface area is 187 Å². The van der Waals surface area contributed by atoms with Crippen molar-refractivity contribution in [3.63, 3.8) is 0 Å². The van der Waals surface area contributed by atoms with Crippen LogP contribution in [0.3, 0.4) is 0 Å². The summed E-state index contributed by atoms with van der Waals surface area (Å²) in [6.45, 7) is 0. The number of hydrogen-bond donors (Lipinski definition) is 0. The Hall–Kier alpha value is -1.54. The number of halogens is 1. The lowest BCUT2D eigenvalue weighted by Gasteiger charge is -2.37. The molecule has 2 saturated carbocycles. The number of allylic oxidation sites excluding steroid dienone is 4. The Morgan fingerprint density at radius 3 is 2.73 bits per heavy atom. The second-order valence-corrected chi connectivity index (χ2v) is 10.2. The van der Waals surface area contributed by atoms with Crippen LogP contribution in [0.2, 0.25) is 0 Å². The first kappa shape index (κ1) is 20.4. The molecule has 0 saturated heterocycles. The number of aromatic nitrogens is 2. The Morgan fingerprint density at radius 2 is 1.87 bits per heavy atom. The third-order valence-electron chi connectivity index (χ3n) is 8.41. The lowest BCUT2D eigenvalue weighted by Crippen LogP contribution is -2.27. The molecular formula is C27H35ClN2. The van der Waals surface area contributed by atoms with Crippen LogP contribution in [-0.4, -0.2) is 9.55 Å². The van der Waals surface area contributed by atoms with Crippen LogP contribution < -0.4 is 0 Å². The summed E-state index contributed by atoms with van der Waals surface area (Å²) in [4.78, 5) is 4.48. The lowest BCUT2D eigenvalue weighted by atomic mass is 9.73. The van der Waals surface area contributed by atoms with E-state index in [-0.39, 0.29) is 12.4 Å². The van der Waals surface area contributed by atoms with Crippen LogP contribution in [-0.2, 0) is 6.42 Å². The average Bonchev–Trinajstić information content (AvgIpc) is 2.90. The van der Waals surface area contributed by atoms with E-state index < -0.39 is 0 Å². The van der Waals surface area contributed by atoms with E-state index in [2.05, 4.69) is 40.0 Å². The van der Waals surface area contributed by atoms with E-state index in [9.17, 15) is 0 Å². The van der Waals surface area contributed by atoms with Gasteiger partial charge in [-0.15, -0.1) is 12.4 Å². The van der Waals surface area contributed by atoms with Gasteiger partial charge in [0.25, 0.3) is 0 Å². The van der Waals surface area contributed by atoms with Crippen LogP contribution in [0.4, 0.5) is 0 Å². The molecule has 0 aromatic carbocycles. The van der Waals surface area contributed by atoms with Gasteiger partial charge >= 0.3 is 0 Å². The van der Waals surface area contributed by atoms with Gasteiger partial charge in [-0.25, -0.2) is 0 Å². The molecule has 2 fully saturated rings. The van der Waals surface area contributed by atoms with Crippen LogP contribution in [0.5, 0.6) is 0 Å². The monoisotopic (exact) mass is 422 g/mol. The molecule has 3 heterocycles. The molecule has 3 aliphatic carbocycles. The van der Waals surface area contributed by atoms with Gasteiger partial charge in [-0.05, 0) is 73.5 Å². The minimum Gasteiger partial charge on any atom is -0.336 e. The minimum absolute atomic E-state index is 0. The van der Waals surface area contributed by atoms with E-state index in [1.165, 1.54) is 99.2 Å². The highest BCUT2D eigenvalue weighted by molar-refractivity contribution is 5.93. The zero-order valence-electron chi connectivity index (χ0n) is 18.1. The number of rotatable bonds is 2. The van der Waals surface area contributed by atoms with Crippen LogP contribution in [0, 0.1) is 17.8 Å². The summed E-state index contributed by atoms with van der Waals surface area (Å²) >= 11 is 0. The van der Waals surface area contributed by atoms with Gasteiger partial charge in [0.05, 0.1) is 11.2 Å².